The highest BCUT2D eigenvalue weighted by Crippen LogP contribution is 2.38. The Labute approximate surface area is 190 Å². The van der Waals surface area contributed by atoms with Crippen molar-refractivity contribution < 1.29 is 27.9 Å². The SMILES string of the molecule is COc1cc(N=S2(=O)CCC2)cc2ncnc(Nc3ccc(F)cc3OC3COCC3O)c12. The molecule has 0 aliphatic carbocycles. The highest BCUT2D eigenvalue weighted by atomic mass is 32.2. The first kappa shape index (κ1) is 21.8. The number of aromatic nitrogens is 2. The zero-order valence-corrected chi connectivity index (χ0v) is 18.7. The summed E-state index contributed by atoms with van der Waals surface area (Å²) >= 11 is 0. The van der Waals surface area contributed by atoms with Crippen LogP contribution >= 0.6 is 0 Å². The van der Waals surface area contributed by atoms with Crippen molar-refractivity contribution in [3.63, 3.8) is 0 Å². The van der Waals surface area contributed by atoms with Crippen LogP contribution in [-0.4, -0.2) is 63.3 Å². The number of anilines is 2. The summed E-state index contributed by atoms with van der Waals surface area (Å²) in [5.74, 6) is 1.79. The van der Waals surface area contributed by atoms with Crippen LogP contribution < -0.4 is 14.8 Å². The fraction of sp³-hybridized carbons (Fsp3) is 0.364. The van der Waals surface area contributed by atoms with E-state index < -0.39 is 27.8 Å². The number of nitrogens with zero attached hydrogens (tertiary/aromatic N) is 3. The first-order chi connectivity index (χ1) is 15.9. The lowest BCUT2D eigenvalue weighted by atomic mass is 10.2. The lowest BCUT2D eigenvalue weighted by Crippen LogP contribution is -2.30. The standard InChI is InChI=1S/C22H23FN4O5S/c1-30-19-9-14(27-33(29)5-2-6-33)8-16-21(19)22(25-12-24-16)26-15-4-3-13(23)7-18(15)32-20-11-31-10-17(20)28/h3-4,7-9,12,17,20,28H,2,5-6,10-11H2,1H3,(H,24,25,26). The van der Waals surface area contributed by atoms with Gasteiger partial charge in [-0.1, -0.05) is 0 Å². The van der Waals surface area contributed by atoms with Crippen LogP contribution in [0.25, 0.3) is 10.9 Å². The zero-order chi connectivity index (χ0) is 23.0. The number of aliphatic hydroxyl groups is 1. The maximum Gasteiger partial charge on any atom is 0.150 e. The van der Waals surface area contributed by atoms with Gasteiger partial charge in [0.2, 0.25) is 0 Å². The number of hydrogen-bond acceptors (Lipinski definition) is 9. The van der Waals surface area contributed by atoms with Crippen molar-refractivity contribution in [2.75, 3.05) is 37.1 Å². The van der Waals surface area contributed by atoms with Gasteiger partial charge >= 0.3 is 0 Å². The molecule has 0 radical (unpaired) electrons. The Morgan fingerprint density at radius 3 is 2.76 bits per heavy atom. The molecule has 0 spiro atoms. The number of nitrogens with one attached hydrogen (secondary N) is 1. The summed E-state index contributed by atoms with van der Waals surface area (Å²) in [6.45, 7) is 0.368. The molecule has 2 fully saturated rings. The number of rotatable bonds is 6. The van der Waals surface area contributed by atoms with Crippen molar-refractivity contribution in [3.8, 4) is 11.5 Å². The Kier molecular flexibility index (Phi) is 5.77. The molecule has 2 aliphatic rings. The molecular formula is C22H23FN4O5S. The predicted octanol–water partition coefficient (Wildman–Crippen LogP) is 3.16. The predicted molar refractivity (Wildman–Crippen MR) is 122 cm³/mol. The molecule has 3 aromatic rings. The van der Waals surface area contributed by atoms with E-state index in [4.69, 9.17) is 14.2 Å². The van der Waals surface area contributed by atoms with Crippen LogP contribution in [0.5, 0.6) is 11.5 Å². The molecule has 2 saturated heterocycles. The average molecular weight is 475 g/mol. The molecule has 3 heterocycles. The van der Waals surface area contributed by atoms with Gasteiger partial charge in [-0.25, -0.2) is 18.6 Å². The average Bonchev–Trinajstić information content (AvgIpc) is 3.18. The Bertz CT molecular complexity index is 1320. The van der Waals surface area contributed by atoms with Crippen molar-refractivity contribution in [2.24, 2.45) is 4.36 Å². The van der Waals surface area contributed by atoms with Gasteiger partial charge in [0.1, 0.15) is 35.6 Å². The van der Waals surface area contributed by atoms with Crippen molar-refractivity contribution in [1.82, 2.24) is 9.97 Å². The van der Waals surface area contributed by atoms with Gasteiger partial charge in [-0.2, -0.15) is 4.36 Å². The van der Waals surface area contributed by atoms with Gasteiger partial charge in [0.05, 0.1) is 52.3 Å². The maximum absolute atomic E-state index is 14.0. The summed E-state index contributed by atoms with van der Waals surface area (Å²) in [5, 5.41) is 13.8. The molecule has 33 heavy (non-hydrogen) atoms. The summed E-state index contributed by atoms with van der Waals surface area (Å²) in [6.07, 6.45) is 0.886. The third-order valence-corrected chi connectivity index (χ3v) is 7.98. The van der Waals surface area contributed by atoms with E-state index in [1.165, 1.54) is 31.6 Å². The minimum Gasteiger partial charge on any atom is -0.496 e. The number of fused-ring (bicyclic) bond motifs is 1. The van der Waals surface area contributed by atoms with E-state index in [-0.39, 0.29) is 19.0 Å². The molecule has 2 aliphatic heterocycles. The van der Waals surface area contributed by atoms with Crippen LogP contribution in [0.3, 0.4) is 0 Å². The third kappa shape index (κ3) is 4.43. The zero-order valence-electron chi connectivity index (χ0n) is 17.9. The number of benzene rings is 2. The molecule has 9 nitrogen and oxygen atoms in total. The Morgan fingerprint density at radius 2 is 2.06 bits per heavy atom. The van der Waals surface area contributed by atoms with Crippen molar-refractivity contribution in [3.05, 3.63) is 42.5 Å². The van der Waals surface area contributed by atoms with E-state index >= 15 is 0 Å². The van der Waals surface area contributed by atoms with Gasteiger partial charge in [-0.15, -0.1) is 0 Å². The lowest BCUT2D eigenvalue weighted by molar-refractivity contribution is 0.0736. The molecule has 1 aromatic heterocycles. The minimum absolute atomic E-state index is 0.163. The molecule has 174 valence electrons. The van der Waals surface area contributed by atoms with Crippen LogP contribution in [0, 0.1) is 5.82 Å². The second kappa shape index (κ2) is 8.73. The second-order valence-corrected chi connectivity index (χ2v) is 10.5. The van der Waals surface area contributed by atoms with E-state index in [2.05, 4.69) is 19.6 Å². The van der Waals surface area contributed by atoms with Gasteiger partial charge in [-0.3, -0.25) is 0 Å². The quantitative estimate of drug-likeness (QED) is 0.560. The van der Waals surface area contributed by atoms with Crippen LogP contribution in [0.1, 0.15) is 6.42 Å². The third-order valence-electron chi connectivity index (χ3n) is 5.58. The summed E-state index contributed by atoms with van der Waals surface area (Å²) in [4.78, 5) is 8.67. The number of hydrogen-bond donors (Lipinski definition) is 2. The van der Waals surface area contributed by atoms with Crippen molar-refractivity contribution in [2.45, 2.75) is 18.6 Å². The van der Waals surface area contributed by atoms with Crippen LogP contribution in [-0.2, 0) is 14.5 Å². The normalized spacial score (nSPS) is 21.4. The molecule has 2 aromatic carbocycles. The van der Waals surface area contributed by atoms with E-state index in [1.807, 2.05) is 0 Å². The molecular weight excluding hydrogens is 451 g/mol. The van der Waals surface area contributed by atoms with E-state index in [0.717, 1.165) is 6.42 Å². The van der Waals surface area contributed by atoms with Crippen LogP contribution in [0.4, 0.5) is 21.6 Å². The number of methoxy groups -OCH3 is 1. The Hall–Kier alpha value is -3.02. The summed E-state index contributed by atoms with van der Waals surface area (Å²) in [5.41, 5.74) is 1.54. The van der Waals surface area contributed by atoms with Crippen molar-refractivity contribution >= 4 is 37.8 Å². The molecule has 2 atom stereocenters. The summed E-state index contributed by atoms with van der Waals surface area (Å²) in [6, 6.07) is 7.50. The molecule has 0 saturated carbocycles. The van der Waals surface area contributed by atoms with Gasteiger partial charge in [0, 0.05) is 23.6 Å². The van der Waals surface area contributed by atoms with Crippen molar-refractivity contribution in [1.29, 1.82) is 0 Å². The molecule has 0 bridgehead atoms. The number of aliphatic hydroxyl groups excluding tert-OH is 1. The highest BCUT2D eigenvalue weighted by molar-refractivity contribution is 7.95. The number of halogens is 1. The van der Waals surface area contributed by atoms with Gasteiger partial charge in [0.25, 0.3) is 0 Å². The Morgan fingerprint density at radius 1 is 1.21 bits per heavy atom. The highest BCUT2D eigenvalue weighted by Gasteiger charge is 2.29. The largest absolute Gasteiger partial charge is 0.496 e. The maximum atomic E-state index is 14.0. The first-order valence-corrected chi connectivity index (χ1v) is 12.3. The fourth-order valence-corrected chi connectivity index (χ4v) is 5.20. The minimum atomic E-state index is -2.19. The monoisotopic (exact) mass is 474 g/mol. The second-order valence-electron chi connectivity index (χ2n) is 7.92. The number of ether oxygens (including phenoxy) is 3. The van der Waals surface area contributed by atoms with Gasteiger partial charge in [-0.05, 0) is 24.6 Å². The topological polar surface area (TPSA) is 115 Å². The smallest absolute Gasteiger partial charge is 0.150 e. The Balaban J connectivity index is 1.53. The summed E-state index contributed by atoms with van der Waals surface area (Å²) < 4.78 is 47.6. The molecule has 5 rings (SSSR count). The summed E-state index contributed by atoms with van der Waals surface area (Å²) in [7, 11) is -0.672. The van der Waals surface area contributed by atoms with Crippen LogP contribution in [0.2, 0.25) is 0 Å². The lowest BCUT2D eigenvalue weighted by Gasteiger charge is -2.20. The van der Waals surface area contributed by atoms with Gasteiger partial charge < -0.3 is 24.6 Å². The van der Waals surface area contributed by atoms with E-state index in [0.29, 0.717) is 45.4 Å². The van der Waals surface area contributed by atoms with Gasteiger partial charge in [0.15, 0.2) is 6.10 Å². The first-order valence-electron chi connectivity index (χ1n) is 10.5. The molecule has 11 heteroatoms. The van der Waals surface area contributed by atoms with Crippen LogP contribution in [0.15, 0.2) is 41.0 Å². The molecule has 2 N–H and O–H groups in total. The molecule has 2 unspecified atom stereocenters. The molecule has 0 amide bonds. The fourth-order valence-electron chi connectivity index (χ4n) is 3.75. The van der Waals surface area contributed by atoms with E-state index in [9.17, 15) is 13.7 Å². The van der Waals surface area contributed by atoms with E-state index in [1.54, 1.807) is 12.1 Å².